The number of hydrogen-bond acceptors (Lipinski definition) is 8. The predicted molar refractivity (Wildman–Crippen MR) is 146 cm³/mol. The first-order chi connectivity index (χ1) is 19.4. The van der Waals surface area contributed by atoms with E-state index in [2.05, 4.69) is 15.2 Å². The Morgan fingerprint density at radius 2 is 1.83 bits per heavy atom. The topological polar surface area (TPSA) is 116 Å². The van der Waals surface area contributed by atoms with Gasteiger partial charge in [-0.15, -0.1) is 0 Å². The summed E-state index contributed by atoms with van der Waals surface area (Å²) in [5.41, 5.74) is -2.85. The molecule has 2 aliphatic rings. The highest BCUT2D eigenvalue weighted by Gasteiger charge is 2.49. The fraction of sp³-hybridized carbons (Fsp3) is 0.429. The third kappa shape index (κ3) is 5.93. The zero-order valence-corrected chi connectivity index (χ0v) is 23.3. The van der Waals surface area contributed by atoms with Crippen molar-refractivity contribution >= 4 is 32.7 Å². The van der Waals surface area contributed by atoms with Gasteiger partial charge in [-0.3, -0.25) is 4.79 Å². The number of amides is 1. The van der Waals surface area contributed by atoms with Crippen LogP contribution in [0.5, 0.6) is 5.88 Å². The Balaban J connectivity index is 1.50. The summed E-state index contributed by atoms with van der Waals surface area (Å²) in [6.07, 6.45) is 3.70. The summed E-state index contributed by atoms with van der Waals surface area (Å²) < 4.78 is 65.5. The number of alkyl halides is 3. The zero-order chi connectivity index (χ0) is 29.5. The van der Waals surface area contributed by atoms with Crippen LogP contribution in [0.2, 0.25) is 0 Å². The second-order valence-electron chi connectivity index (χ2n) is 10.3. The van der Waals surface area contributed by atoms with Crippen molar-refractivity contribution in [2.75, 3.05) is 31.6 Å². The van der Waals surface area contributed by atoms with E-state index in [1.54, 1.807) is 30.1 Å². The molecule has 0 aliphatic heterocycles. The number of halogens is 3. The Kier molecular flexibility index (Phi) is 7.54. The third-order valence-corrected chi connectivity index (χ3v) is 8.24. The van der Waals surface area contributed by atoms with Gasteiger partial charge >= 0.3 is 15.6 Å². The summed E-state index contributed by atoms with van der Waals surface area (Å²) in [6.45, 7) is 3.56. The minimum absolute atomic E-state index is 0.121. The van der Waals surface area contributed by atoms with Gasteiger partial charge in [0.1, 0.15) is 11.9 Å². The number of carbonyl (C=O) groups excluding carboxylic acids is 1. The van der Waals surface area contributed by atoms with E-state index < -0.39 is 21.5 Å². The molecule has 0 unspecified atom stereocenters. The van der Waals surface area contributed by atoms with Gasteiger partial charge in [-0.2, -0.15) is 26.9 Å². The lowest BCUT2D eigenvalue weighted by Crippen LogP contribution is -2.37. The summed E-state index contributed by atoms with van der Waals surface area (Å²) in [6, 6.07) is 11.5. The van der Waals surface area contributed by atoms with Crippen LogP contribution in [0.3, 0.4) is 0 Å². The van der Waals surface area contributed by atoms with Crippen molar-refractivity contribution in [1.29, 1.82) is 5.26 Å². The molecular formula is C28H28F3N5O4S. The van der Waals surface area contributed by atoms with Crippen LogP contribution in [0.15, 0.2) is 36.4 Å². The molecule has 0 radical (unpaired) electrons. The van der Waals surface area contributed by atoms with Crippen molar-refractivity contribution in [2.45, 2.75) is 44.0 Å². The van der Waals surface area contributed by atoms with Gasteiger partial charge in [0.2, 0.25) is 11.8 Å². The quantitative estimate of drug-likeness (QED) is 0.241. The molecule has 0 atom stereocenters. The van der Waals surface area contributed by atoms with Gasteiger partial charge in [-0.25, -0.2) is 9.97 Å². The molecule has 9 nitrogen and oxygen atoms in total. The smallest absolute Gasteiger partial charge is 0.355 e. The first-order valence-electron chi connectivity index (χ1n) is 13.3. The van der Waals surface area contributed by atoms with E-state index in [4.69, 9.17) is 4.98 Å². The molecule has 216 valence electrons. The van der Waals surface area contributed by atoms with E-state index in [0.29, 0.717) is 47.5 Å². The summed E-state index contributed by atoms with van der Waals surface area (Å²) in [5.74, 6) is 0.272. The number of aromatic nitrogens is 2. The SMILES string of the molecule is CCN(CCN(C)C(=O)C1CC1)c1nc(C2CC2)c(-c2cccc3nc(OS(=O)(=O)C(F)(F)F)ccc23)cc1C#N. The molecule has 1 amide bonds. The van der Waals surface area contributed by atoms with Gasteiger partial charge in [-0.1, -0.05) is 12.1 Å². The predicted octanol–water partition coefficient (Wildman–Crippen LogP) is 4.97. The van der Waals surface area contributed by atoms with Crippen molar-refractivity contribution in [2.24, 2.45) is 5.92 Å². The molecule has 1 aromatic carbocycles. The van der Waals surface area contributed by atoms with E-state index in [1.807, 2.05) is 11.8 Å². The zero-order valence-electron chi connectivity index (χ0n) is 22.5. The van der Waals surface area contributed by atoms with Crippen molar-refractivity contribution in [3.63, 3.8) is 0 Å². The number of hydrogen-bond donors (Lipinski definition) is 0. The fourth-order valence-corrected chi connectivity index (χ4v) is 5.15. The maximum atomic E-state index is 12.8. The molecule has 2 fully saturated rings. The molecule has 41 heavy (non-hydrogen) atoms. The fourth-order valence-electron chi connectivity index (χ4n) is 4.74. The molecule has 2 aliphatic carbocycles. The Morgan fingerprint density at radius 1 is 1.10 bits per heavy atom. The van der Waals surface area contributed by atoms with Crippen LogP contribution in [-0.2, 0) is 14.9 Å². The van der Waals surface area contributed by atoms with Crippen molar-refractivity contribution in [1.82, 2.24) is 14.9 Å². The number of carbonyl (C=O) groups is 1. The number of fused-ring (bicyclic) bond motifs is 1. The molecule has 0 spiro atoms. The molecular weight excluding hydrogens is 559 g/mol. The number of anilines is 1. The van der Waals surface area contributed by atoms with Gasteiger partial charge < -0.3 is 14.0 Å². The van der Waals surface area contributed by atoms with Gasteiger partial charge in [0.05, 0.1) is 16.8 Å². The average molecular weight is 588 g/mol. The van der Waals surface area contributed by atoms with Crippen molar-refractivity contribution in [3.05, 3.63) is 47.7 Å². The number of nitriles is 1. The number of likely N-dealkylation sites (N-methyl/N-ethyl adjacent to an activating group) is 2. The highest BCUT2D eigenvalue weighted by atomic mass is 32.2. The van der Waals surface area contributed by atoms with Crippen LogP contribution in [-0.4, -0.2) is 61.4 Å². The van der Waals surface area contributed by atoms with Gasteiger partial charge in [0.15, 0.2) is 0 Å². The molecule has 0 bridgehead atoms. The van der Waals surface area contributed by atoms with Gasteiger partial charge in [-0.05, 0) is 56.4 Å². The van der Waals surface area contributed by atoms with Crippen LogP contribution in [0.25, 0.3) is 22.0 Å². The summed E-state index contributed by atoms with van der Waals surface area (Å²) >= 11 is 0. The molecule has 2 saturated carbocycles. The number of pyridine rings is 2. The van der Waals surface area contributed by atoms with Gasteiger partial charge in [0.25, 0.3) is 0 Å². The monoisotopic (exact) mass is 587 g/mol. The Bertz CT molecular complexity index is 1650. The second-order valence-corrected chi connectivity index (χ2v) is 11.8. The average Bonchev–Trinajstić information content (AvgIpc) is 3.85. The molecule has 0 saturated heterocycles. The maximum absolute atomic E-state index is 12.8. The first kappa shape index (κ1) is 28.6. The van der Waals surface area contributed by atoms with E-state index in [0.717, 1.165) is 37.4 Å². The van der Waals surface area contributed by atoms with Crippen LogP contribution < -0.4 is 9.08 Å². The standard InChI is InChI=1S/C28H28F3N5O4S/c1-3-36(14-13-35(2)27(37)18-9-10-18)26-19(16-32)15-22(25(34-26)17-7-8-17)20-5-4-6-23-21(20)11-12-24(33-23)40-41(38,39)28(29,30)31/h4-6,11-12,15,17-18H,3,7-10,13-14H2,1-2H3. The van der Waals surface area contributed by atoms with Crippen LogP contribution >= 0.6 is 0 Å². The minimum Gasteiger partial charge on any atom is -0.355 e. The largest absolute Gasteiger partial charge is 0.534 e. The van der Waals surface area contributed by atoms with Gasteiger partial charge in [0, 0.05) is 55.5 Å². The van der Waals surface area contributed by atoms with Crippen LogP contribution in [0.1, 0.15) is 49.8 Å². The highest BCUT2D eigenvalue weighted by Crippen LogP contribution is 2.46. The molecule has 2 aromatic heterocycles. The van der Waals surface area contributed by atoms with Crippen molar-refractivity contribution in [3.8, 4) is 23.1 Å². The Labute approximate surface area is 235 Å². The summed E-state index contributed by atoms with van der Waals surface area (Å²) in [4.78, 5) is 25.1. The second kappa shape index (κ2) is 10.8. The van der Waals surface area contributed by atoms with Crippen molar-refractivity contribution < 1.29 is 30.6 Å². The van der Waals surface area contributed by atoms with Crippen LogP contribution in [0, 0.1) is 17.2 Å². The normalized spacial score (nSPS) is 15.4. The Hall–Kier alpha value is -3.92. The number of benzene rings is 1. The van der Waals surface area contributed by atoms with E-state index in [1.165, 1.54) is 12.1 Å². The lowest BCUT2D eigenvalue weighted by molar-refractivity contribution is -0.131. The molecule has 13 heteroatoms. The lowest BCUT2D eigenvalue weighted by atomic mass is 9.96. The van der Waals surface area contributed by atoms with E-state index >= 15 is 0 Å². The van der Waals surface area contributed by atoms with E-state index in [-0.39, 0.29) is 23.3 Å². The molecule has 2 heterocycles. The number of nitrogens with zero attached hydrogens (tertiary/aromatic N) is 5. The summed E-state index contributed by atoms with van der Waals surface area (Å²) in [7, 11) is -4.08. The van der Waals surface area contributed by atoms with Crippen LogP contribution in [0.4, 0.5) is 19.0 Å². The van der Waals surface area contributed by atoms with E-state index in [9.17, 15) is 31.6 Å². The maximum Gasteiger partial charge on any atom is 0.534 e. The lowest BCUT2D eigenvalue weighted by Gasteiger charge is -2.27. The minimum atomic E-state index is -5.87. The first-order valence-corrected chi connectivity index (χ1v) is 14.7. The molecule has 0 N–H and O–H groups in total. The highest BCUT2D eigenvalue weighted by molar-refractivity contribution is 7.87. The summed E-state index contributed by atoms with van der Waals surface area (Å²) in [5, 5.41) is 10.6. The Morgan fingerprint density at radius 3 is 2.44 bits per heavy atom. The molecule has 5 rings (SSSR count). The number of rotatable bonds is 10. The third-order valence-electron chi connectivity index (χ3n) is 7.28. The molecule has 3 aromatic rings.